The number of hydrogen-bond donors (Lipinski definition) is 0. The predicted molar refractivity (Wildman–Crippen MR) is 65.0 cm³/mol. The maximum atomic E-state index is 3.79. The summed E-state index contributed by atoms with van der Waals surface area (Å²) in [5.74, 6) is 0. The van der Waals surface area contributed by atoms with Gasteiger partial charge in [0, 0.05) is 4.48 Å². The number of rotatable bonds is 5. The lowest BCUT2D eigenvalue weighted by molar-refractivity contribution is 0.915. The van der Waals surface area contributed by atoms with Crippen molar-refractivity contribution in [3.8, 4) is 0 Å². The summed E-state index contributed by atoms with van der Waals surface area (Å²) in [5.41, 5.74) is 2.49. The van der Waals surface area contributed by atoms with E-state index in [1.54, 1.807) is 0 Å². The SMILES string of the molecule is C=CC(=C\C(=C)Br)/C(=C/C)CCC. The molecule has 1 heteroatoms. The maximum Gasteiger partial charge on any atom is 0.0109 e. The maximum absolute atomic E-state index is 3.79. The zero-order chi connectivity index (χ0) is 10.3. The topological polar surface area (TPSA) is 0 Å². The van der Waals surface area contributed by atoms with Gasteiger partial charge in [0.15, 0.2) is 0 Å². The first-order valence-electron chi connectivity index (χ1n) is 4.49. The molecule has 0 N–H and O–H groups in total. The molecule has 0 saturated heterocycles. The first kappa shape index (κ1) is 12.4. The Balaban J connectivity index is 4.74. The van der Waals surface area contributed by atoms with Crippen LogP contribution in [0.15, 0.2) is 47.0 Å². The first-order chi connectivity index (χ1) is 6.15. The smallest absolute Gasteiger partial charge is 0.0109 e. The minimum absolute atomic E-state index is 0.887. The molecule has 0 rings (SSSR count). The van der Waals surface area contributed by atoms with Crippen LogP contribution in [0.5, 0.6) is 0 Å². The summed E-state index contributed by atoms with van der Waals surface area (Å²) in [5, 5.41) is 0. The molecule has 0 nitrogen and oxygen atoms in total. The lowest BCUT2D eigenvalue weighted by Gasteiger charge is -2.06. The molecule has 0 aliphatic rings. The average Bonchev–Trinajstić information content (AvgIpc) is 2.10. The van der Waals surface area contributed by atoms with Gasteiger partial charge in [0.1, 0.15) is 0 Å². The van der Waals surface area contributed by atoms with Crippen molar-refractivity contribution in [1.82, 2.24) is 0 Å². The summed E-state index contributed by atoms with van der Waals surface area (Å²) in [7, 11) is 0. The monoisotopic (exact) mass is 240 g/mol. The van der Waals surface area contributed by atoms with E-state index in [4.69, 9.17) is 0 Å². The molecule has 0 amide bonds. The summed E-state index contributed by atoms with van der Waals surface area (Å²) in [6, 6.07) is 0. The van der Waals surface area contributed by atoms with E-state index >= 15 is 0 Å². The van der Waals surface area contributed by atoms with Crippen molar-refractivity contribution in [3.05, 3.63) is 47.0 Å². The summed E-state index contributed by atoms with van der Waals surface area (Å²) in [6.07, 6.45) is 8.25. The van der Waals surface area contributed by atoms with E-state index < -0.39 is 0 Å². The Kier molecular flexibility index (Phi) is 6.61. The molecule has 0 saturated carbocycles. The van der Waals surface area contributed by atoms with Gasteiger partial charge in [0.05, 0.1) is 0 Å². The second-order valence-corrected chi connectivity index (χ2v) is 3.83. The van der Waals surface area contributed by atoms with Crippen molar-refractivity contribution in [2.75, 3.05) is 0 Å². The summed E-state index contributed by atoms with van der Waals surface area (Å²) >= 11 is 3.32. The average molecular weight is 241 g/mol. The zero-order valence-corrected chi connectivity index (χ0v) is 10.0. The van der Waals surface area contributed by atoms with Gasteiger partial charge in [-0.15, -0.1) is 0 Å². The highest BCUT2D eigenvalue weighted by Gasteiger charge is 1.99. The van der Waals surface area contributed by atoms with Crippen LogP contribution in [-0.2, 0) is 0 Å². The van der Waals surface area contributed by atoms with Gasteiger partial charge in [0.25, 0.3) is 0 Å². The van der Waals surface area contributed by atoms with Crippen LogP contribution in [0.1, 0.15) is 26.7 Å². The van der Waals surface area contributed by atoms with Gasteiger partial charge in [-0.1, -0.05) is 54.6 Å². The molecule has 72 valence electrons. The van der Waals surface area contributed by atoms with Crippen LogP contribution < -0.4 is 0 Å². The fourth-order valence-electron chi connectivity index (χ4n) is 1.18. The summed E-state index contributed by atoms with van der Waals surface area (Å²) in [4.78, 5) is 0. The van der Waals surface area contributed by atoms with Gasteiger partial charge < -0.3 is 0 Å². The Morgan fingerprint density at radius 2 is 2.08 bits per heavy atom. The molecular formula is C12H17Br. The molecule has 0 aromatic heterocycles. The van der Waals surface area contributed by atoms with E-state index in [0.717, 1.165) is 22.9 Å². The Morgan fingerprint density at radius 1 is 1.46 bits per heavy atom. The lowest BCUT2D eigenvalue weighted by Crippen LogP contribution is -1.86. The van der Waals surface area contributed by atoms with E-state index in [9.17, 15) is 0 Å². The van der Waals surface area contributed by atoms with Gasteiger partial charge >= 0.3 is 0 Å². The van der Waals surface area contributed by atoms with Crippen molar-refractivity contribution in [2.45, 2.75) is 26.7 Å². The van der Waals surface area contributed by atoms with Crippen LogP contribution >= 0.6 is 15.9 Å². The second-order valence-electron chi connectivity index (χ2n) is 2.81. The molecule has 0 aromatic rings. The zero-order valence-electron chi connectivity index (χ0n) is 8.44. The van der Waals surface area contributed by atoms with Gasteiger partial charge in [0.2, 0.25) is 0 Å². The van der Waals surface area contributed by atoms with Gasteiger partial charge in [-0.25, -0.2) is 0 Å². The minimum atomic E-state index is 0.887. The fourth-order valence-corrected chi connectivity index (χ4v) is 1.42. The summed E-state index contributed by atoms with van der Waals surface area (Å²) < 4.78 is 0.887. The molecule has 0 spiro atoms. The molecule has 0 fully saturated rings. The van der Waals surface area contributed by atoms with Crippen LogP contribution in [-0.4, -0.2) is 0 Å². The molecule has 0 heterocycles. The number of hydrogen-bond acceptors (Lipinski definition) is 0. The van der Waals surface area contributed by atoms with E-state index in [1.165, 1.54) is 5.57 Å². The van der Waals surface area contributed by atoms with E-state index in [1.807, 2.05) is 12.2 Å². The lowest BCUT2D eigenvalue weighted by atomic mass is 10.0. The van der Waals surface area contributed by atoms with E-state index in [2.05, 4.69) is 49.0 Å². The van der Waals surface area contributed by atoms with Crippen molar-refractivity contribution in [2.24, 2.45) is 0 Å². The fraction of sp³-hybridized carbons (Fsp3) is 0.333. The second kappa shape index (κ2) is 6.90. The van der Waals surface area contributed by atoms with Crippen LogP contribution in [0.4, 0.5) is 0 Å². The van der Waals surface area contributed by atoms with Crippen molar-refractivity contribution < 1.29 is 0 Å². The molecule has 0 aromatic carbocycles. The van der Waals surface area contributed by atoms with Crippen LogP contribution in [0.2, 0.25) is 0 Å². The van der Waals surface area contributed by atoms with Crippen LogP contribution in [0, 0.1) is 0 Å². The summed E-state index contributed by atoms with van der Waals surface area (Å²) in [6.45, 7) is 11.8. The highest BCUT2D eigenvalue weighted by Crippen LogP contribution is 2.19. The predicted octanol–water partition coefficient (Wildman–Crippen LogP) is 4.75. The van der Waals surface area contributed by atoms with Gasteiger partial charge in [-0.3, -0.25) is 0 Å². The third-order valence-electron chi connectivity index (χ3n) is 1.77. The van der Waals surface area contributed by atoms with Crippen molar-refractivity contribution in [3.63, 3.8) is 0 Å². The van der Waals surface area contributed by atoms with Crippen molar-refractivity contribution >= 4 is 15.9 Å². The van der Waals surface area contributed by atoms with Gasteiger partial charge in [-0.2, -0.15) is 0 Å². The van der Waals surface area contributed by atoms with Gasteiger partial charge in [-0.05, 0) is 30.6 Å². The quantitative estimate of drug-likeness (QED) is 0.609. The third kappa shape index (κ3) is 4.89. The molecule has 0 atom stereocenters. The van der Waals surface area contributed by atoms with Crippen LogP contribution in [0.3, 0.4) is 0 Å². The van der Waals surface area contributed by atoms with Crippen LogP contribution in [0.25, 0.3) is 0 Å². The Bertz CT molecular complexity index is 244. The largest absolute Gasteiger partial charge is 0.0985 e. The first-order valence-corrected chi connectivity index (χ1v) is 5.29. The Hall–Kier alpha value is -0.560. The Labute approximate surface area is 89.9 Å². The van der Waals surface area contributed by atoms with Crippen molar-refractivity contribution in [1.29, 1.82) is 0 Å². The highest BCUT2D eigenvalue weighted by molar-refractivity contribution is 9.11. The van der Waals surface area contributed by atoms with E-state index in [0.29, 0.717) is 0 Å². The third-order valence-corrected chi connectivity index (χ3v) is 2.00. The molecule has 0 unspecified atom stereocenters. The molecular weight excluding hydrogens is 224 g/mol. The highest BCUT2D eigenvalue weighted by atomic mass is 79.9. The molecule has 13 heavy (non-hydrogen) atoms. The number of allylic oxidation sites excluding steroid dienone is 6. The number of halogens is 1. The molecule has 0 aliphatic carbocycles. The standard InChI is InChI=1S/C12H17Br/c1-5-8-11(6-2)12(7-3)9-10(4)13/h6-7,9H,3-5,8H2,1-2H3/b11-6+,12-9+. The minimum Gasteiger partial charge on any atom is -0.0985 e. The Morgan fingerprint density at radius 3 is 2.38 bits per heavy atom. The molecule has 0 radical (unpaired) electrons. The normalized spacial score (nSPS) is 12.8. The molecule has 0 bridgehead atoms. The van der Waals surface area contributed by atoms with E-state index in [-0.39, 0.29) is 0 Å². The molecule has 0 aliphatic heterocycles.